The molecule has 1 aliphatic heterocycles. The summed E-state index contributed by atoms with van der Waals surface area (Å²) in [4.78, 5) is 0. The first-order valence-corrected chi connectivity index (χ1v) is 9.93. The monoisotopic (exact) mass is 272 g/mol. The smallest absolute Gasteiger partial charge is 0.192 e. The first kappa shape index (κ1) is 14.5. The molecule has 0 aromatic heterocycles. The highest BCUT2D eigenvalue weighted by Gasteiger charge is 2.62. The zero-order chi connectivity index (χ0) is 13.8. The summed E-state index contributed by atoms with van der Waals surface area (Å²) in [6, 6.07) is 0. The molecule has 0 radical (unpaired) electrons. The van der Waals surface area contributed by atoms with Gasteiger partial charge in [-0.15, -0.1) is 0 Å². The summed E-state index contributed by atoms with van der Waals surface area (Å²) in [7, 11) is -1.77. The van der Waals surface area contributed by atoms with Crippen LogP contribution in [0.25, 0.3) is 0 Å². The number of hydrogen-bond acceptors (Lipinski definition) is 3. The lowest BCUT2D eigenvalue weighted by molar-refractivity contribution is -0.127. The number of hydrogen-bond donors (Lipinski definition) is 1. The number of aliphatic hydroxyl groups is 1. The molecule has 1 saturated heterocycles. The molecule has 0 amide bonds. The van der Waals surface area contributed by atoms with Crippen molar-refractivity contribution in [2.75, 3.05) is 6.61 Å². The molecule has 0 aromatic rings. The van der Waals surface area contributed by atoms with E-state index in [4.69, 9.17) is 9.16 Å². The molecule has 1 heterocycles. The van der Waals surface area contributed by atoms with Gasteiger partial charge in [0.05, 0.1) is 23.9 Å². The van der Waals surface area contributed by atoms with Crippen molar-refractivity contribution in [1.29, 1.82) is 0 Å². The van der Waals surface area contributed by atoms with Crippen molar-refractivity contribution >= 4 is 8.32 Å². The summed E-state index contributed by atoms with van der Waals surface area (Å²) >= 11 is 0. The molecule has 4 heteroatoms. The molecule has 0 bridgehead atoms. The molecule has 2 fully saturated rings. The first-order valence-electron chi connectivity index (χ1n) is 7.03. The Labute approximate surface area is 112 Å². The second kappa shape index (κ2) is 4.04. The van der Waals surface area contributed by atoms with Crippen molar-refractivity contribution in [2.45, 2.75) is 82.4 Å². The predicted molar refractivity (Wildman–Crippen MR) is 75.2 cm³/mol. The van der Waals surface area contributed by atoms with Gasteiger partial charge in [-0.05, 0) is 37.9 Å². The fourth-order valence-corrected chi connectivity index (χ4v) is 4.51. The number of ether oxygens (including phenoxy) is 1. The van der Waals surface area contributed by atoms with Gasteiger partial charge in [-0.25, -0.2) is 0 Å². The number of rotatable bonds is 3. The average molecular weight is 272 g/mol. The van der Waals surface area contributed by atoms with Gasteiger partial charge in [0.1, 0.15) is 0 Å². The molecule has 3 atom stereocenters. The molecule has 1 aliphatic carbocycles. The lowest BCUT2D eigenvalue weighted by Gasteiger charge is -2.51. The van der Waals surface area contributed by atoms with Crippen molar-refractivity contribution < 1.29 is 14.3 Å². The van der Waals surface area contributed by atoms with E-state index in [-0.39, 0.29) is 23.4 Å². The third-order valence-corrected chi connectivity index (χ3v) is 9.64. The Morgan fingerprint density at radius 2 is 2.00 bits per heavy atom. The van der Waals surface area contributed by atoms with Crippen LogP contribution in [0.4, 0.5) is 0 Å². The van der Waals surface area contributed by atoms with Crippen molar-refractivity contribution in [2.24, 2.45) is 0 Å². The van der Waals surface area contributed by atoms with Gasteiger partial charge < -0.3 is 14.3 Å². The van der Waals surface area contributed by atoms with Gasteiger partial charge in [0.15, 0.2) is 8.32 Å². The third-order valence-electron chi connectivity index (χ3n) is 5.12. The summed E-state index contributed by atoms with van der Waals surface area (Å²) in [6.07, 6.45) is 3.20. The van der Waals surface area contributed by atoms with E-state index in [2.05, 4.69) is 33.9 Å². The van der Waals surface area contributed by atoms with Gasteiger partial charge >= 0.3 is 0 Å². The molecule has 1 saturated carbocycles. The van der Waals surface area contributed by atoms with E-state index in [1.165, 1.54) is 0 Å². The predicted octanol–water partition coefficient (Wildman–Crippen LogP) is 3.08. The molecule has 106 valence electrons. The zero-order valence-electron chi connectivity index (χ0n) is 12.7. The topological polar surface area (TPSA) is 38.7 Å². The van der Waals surface area contributed by atoms with Gasteiger partial charge in [0, 0.05) is 6.42 Å². The van der Waals surface area contributed by atoms with Crippen LogP contribution in [0.1, 0.15) is 47.0 Å². The van der Waals surface area contributed by atoms with Crippen LogP contribution in [0, 0.1) is 0 Å². The normalized spacial score (nSPS) is 40.5. The quantitative estimate of drug-likeness (QED) is 0.802. The minimum atomic E-state index is -1.77. The maximum Gasteiger partial charge on any atom is 0.192 e. The fourth-order valence-electron chi connectivity index (χ4n) is 2.88. The maximum atomic E-state index is 9.49. The molecule has 0 spiro atoms. The lowest BCUT2D eigenvalue weighted by Crippen LogP contribution is -2.58. The van der Waals surface area contributed by atoms with Crippen LogP contribution in [-0.4, -0.2) is 37.3 Å². The third kappa shape index (κ3) is 2.17. The van der Waals surface area contributed by atoms with Gasteiger partial charge in [-0.1, -0.05) is 20.8 Å². The summed E-state index contributed by atoms with van der Waals surface area (Å²) in [6.45, 7) is 13.5. The zero-order valence-corrected chi connectivity index (χ0v) is 13.7. The Morgan fingerprint density at radius 1 is 1.39 bits per heavy atom. The van der Waals surface area contributed by atoms with E-state index in [1.54, 1.807) is 0 Å². The molecule has 18 heavy (non-hydrogen) atoms. The van der Waals surface area contributed by atoms with Crippen LogP contribution in [0.15, 0.2) is 0 Å². The molecular weight excluding hydrogens is 244 g/mol. The first-order chi connectivity index (χ1) is 8.04. The van der Waals surface area contributed by atoms with Gasteiger partial charge in [0.2, 0.25) is 0 Å². The fraction of sp³-hybridized carbons (Fsp3) is 1.00. The molecule has 2 rings (SSSR count). The van der Waals surface area contributed by atoms with E-state index < -0.39 is 13.9 Å². The van der Waals surface area contributed by atoms with E-state index in [1.807, 2.05) is 6.92 Å². The van der Waals surface area contributed by atoms with Crippen LogP contribution in [-0.2, 0) is 9.16 Å². The van der Waals surface area contributed by atoms with Crippen LogP contribution < -0.4 is 0 Å². The summed E-state index contributed by atoms with van der Waals surface area (Å²) < 4.78 is 12.7. The van der Waals surface area contributed by atoms with E-state index in [9.17, 15) is 5.11 Å². The van der Waals surface area contributed by atoms with Gasteiger partial charge in [-0.3, -0.25) is 0 Å². The molecule has 0 aromatic carbocycles. The maximum absolute atomic E-state index is 9.49. The molecular formula is C14H28O3Si. The van der Waals surface area contributed by atoms with Crippen LogP contribution in [0.3, 0.4) is 0 Å². The minimum absolute atomic E-state index is 0.0894. The Bertz CT molecular complexity index is 336. The largest absolute Gasteiger partial charge is 0.409 e. The van der Waals surface area contributed by atoms with Crippen LogP contribution in [0.2, 0.25) is 18.1 Å². The van der Waals surface area contributed by atoms with Crippen LogP contribution in [0.5, 0.6) is 0 Å². The standard InChI is InChI=1S/C14H28O3Si/c1-12(2,3)18(5,6)17-14-8-7-11(14)16-13(4,9-14)10-15/h11,15H,7-10H2,1-6H3/t11-,13?,14+/m0/s1. The van der Waals surface area contributed by atoms with Crippen molar-refractivity contribution in [3.63, 3.8) is 0 Å². The second-order valence-corrected chi connectivity index (χ2v) is 12.6. The highest BCUT2D eigenvalue weighted by atomic mass is 28.4. The SMILES string of the molecule is CC1(CO)C[C@]2(O[Si](C)(C)C(C)(C)C)CC[C@@H]2O1. The highest BCUT2D eigenvalue weighted by Crippen LogP contribution is 2.55. The second-order valence-electron chi connectivity index (χ2n) is 7.86. The molecule has 1 unspecified atom stereocenters. The van der Waals surface area contributed by atoms with E-state index in [0.29, 0.717) is 0 Å². The Morgan fingerprint density at radius 3 is 2.39 bits per heavy atom. The van der Waals surface area contributed by atoms with Crippen molar-refractivity contribution in [3.05, 3.63) is 0 Å². The molecule has 2 aliphatic rings. The molecule has 3 nitrogen and oxygen atoms in total. The summed E-state index contributed by atoms with van der Waals surface area (Å²) in [5.74, 6) is 0. The number of fused-ring (bicyclic) bond motifs is 1. The van der Waals surface area contributed by atoms with Crippen LogP contribution >= 0.6 is 0 Å². The minimum Gasteiger partial charge on any atom is -0.409 e. The average Bonchev–Trinajstić information content (AvgIpc) is 2.39. The molecule has 1 N–H and O–H groups in total. The van der Waals surface area contributed by atoms with E-state index >= 15 is 0 Å². The Kier molecular flexibility index (Phi) is 3.26. The number of aliphatic hydroxyl groups excluding tert-OH is 1. The lowest BCUT2D eigenvalue weighted by atomic mass is 9.74. The summed E-state index contributed by atoms with van der Waals surface area (Å²) in [5.41, 5.74) is -0.510. The van der Waals surface area contributed by atoms with Gasteiger partial charge in [0.25, 0.3) is 0 Å². The van der Waals surface area contributed by atoms with Crippen molar-refractivity contribution in [3.8, 4) is 0 Å². The summed E-state index contributed by atoms with van der Waals surface area (Å²) in [5, 5.41) is 9.71. The van der Waals surface area contributed by atoms with Gasteiger partial charge in [-0.2, -0.15) is 0 Å². The Hall–Kier alpha value is 0.0969. The highest BCUT2D eigenvalue weighted by molar-refractivity contribution is 6.74. The van der Waals surface area contributed by atoms with E-state index in [0.717, 1.165) is 19.3 Å². The van der Waals surface area contributed by atoms with Crippen molar-refractivity contribution in [1.82, 2.24) is 0 Å². The Balaban J connectivity index is 2.15.